The summed E-state index contributed by atoms with van der Waals surface area (Å²) in [6.07, 6.45) is 11.2. The fraction of sp³-hybridized carbons (Fsp3) is 0.885. The van der Waals surface area contributed by atoms with E-state index in [1.54, 1.807) is 6.92 Å². The topological polar surface area (TPSA) is 116 Å². The Bertz CT molecular complexity index is 525. The normalized spacial score (nSPS) is 26.7. The SMILES string of the molecule is CCCCCCCC/C=C\CCCCCCCC(=O)C(O)[C@H]1O[C@H](OCC)[C@H](O)[C@@H](O)[C@@H]1O. The first-order valence-electron chi connectivity index (χ1n) is 13.1. The Balaban J connectivity index is 2.11. The molecule has 7 nitrogen and oxygen atoms in total. The molecule has 7 heteroatoms. The molecule has 194 valence electrons. The van der Waals surface area contributed by atoms with Gasteiger partial charge in [0.25, 0.3) is 0 Å². The Kier molecular flexibility index (Phi) is 16.9. The van der Waals surface area contributed by atoms with E-state index in [-0.39, 0.29) is 13.0 Å². The van der Waals surface area contributed by atoms with Crippen molar-refractivity contribution in [3.05, 3.63) is 12.2 Å². The van der Waals surface area contributed by atoms with Gasteiger partial charge in [0.15, 0.2) is 12.1 Å². The molecule has 0 aromatic heterocycles. The number of allylic oxidation sites excluding steroid dienone is 2. The number of aliphatic hydroxyl groups excluding tert-OH is 4. The third kappa shape index (κ3) is 11.9. The van der Waals surface area contributed by atoms with Crippen LogP contribution in [0.2, 0.25) is 0 Å². The number of carbonyl (C=O) groups is 1. The van der Waals surface area contributed by atoms with Crippen molar-refractivity contribution in [3.63, 3.8) is 0 Å². The highest BCUT2D eigenvalue weighted by molar-refractivity contribution is 5.83. The van der Waals surface area contributed by atoms with Crippen molar-refractivity contribution in [3.8, 4) is 0 Å². The number of Topliss-reactive ketones (excluding diaryl/α,β-unsaturated/α-hetero) is 1. The Morgan fingerprint density at radius 3 is 1.94 bits per heavy atom. The van der Waals surface area contributed by atoms with Crippen LogP contribution in [0.5, 0.6) is 0 Å². The number of ether oxygens (including phenoxy) is 2. The maximum atomic E-state index is 12.3. The maximum Gasteiger partial charge on any atom is 0.186 e. The molecule has 0 saturated carbocycles. The monoisotopic (exact) mass is 472 g/mol. The van der Waals surface area contributed by atoms with E-state index in [0.29, 0.717) is 6.42 Å². The largest absolute Gasteiger partial charge is 0.387 e. The summed E-state index contributed by atoms with van der Waals surface area (Å²) in [6, 6.07) is 0. The molecule has 1 heterocycles. The average Bonchev–Trinajstić information content (AvgIpc) is 2.81. The van der Waals surface area contributed by atoms with Crippen molar-refractivity contribution in [2.45, 2.75) is 141 Å². The standard InChI is InChI=1S/C26H48O7/c1-3-5-6-7-8-9-10-11-12-13-14-15-16-17-18-19-20(27)21(28)25-23(30)22(29)24(31)26(33-25)32-4-2/h11-12,21-26,28-31H,3-10,13-19H2,1-2H3/b12-11-/t21?,22-,23-,24+,25+,26-/m0/s1. The minimum absolute atomic E-state index is 0.184. The summed E-state index contributed by atoms with van der Waals surface area (Å²) in [7, 11) is 0. The van der Waals surface area contributed by atoms with E-state index in [4.69, 9.17) is 9.47 Å². The van der Waals surface area contributed by atoms with Crippen LogP contribution in [0.4, 0.5) is 0 Å². The average molecular weight is 473 g/mol. The minimum Gasteiger partial charge on any atom is -0.387 e. The van der Waals surface area contributed by atoms with Crippen LogP contribution in [-0.4, -0.2) is 69.6 Å². The van der Waals surface area contributed by atoms with Crippen LogP contribution >= 0.6 is 0 Å². The number of rotatable bonds is 19. The molecule has 4 N–H and O–H groups in total. The van der Waals surface area contributed by atoms with Crippen LogP contribution in [0.15, 0.2) is 12.2 Å². The summed E-state index contributed by atoms with van der Waals surface area (Å²) in [5.74, 6) is -0.435. The molecule has 1 unspecified atom stereocenters. The first-order valence-corrected chi connectivity index (χ1v) is 13.1. The summed E-state index contributed by atoms with van der Waals surface area (Å²) in [4.78, 5) is 12.3. The van der Waals surface area contributed by atoms with Crippen LogP contribution in [0.3, 0.4) is 0 Å². The second-order valence-electron chi connectivity index (χ2n) is 9.14. The molecule has 1 aliphatic rings. The lowest BCUT2D eigenvalue weighted by molar-refractivity contribution is -0.306. The van der Waals surface area contributed by atoms with E-state index < -0.39 is 42.6 Å². The predicted octanol–water partition coefficient (Wildman–Crippen LogP) is 3.80. The van der Waals surface area contributed by atoms with Gasteiger partial charge < -0.3 is 29.9 Å². The van der Waals surface area contributed by atoms with Crippen LogP contribution in [0.1, 0.15) is 104 Å². The molecule has 1 fully saturated rings. The van der Waals surface area contributed by atoms with Gasteiger partial charge in [-0.15, -0.1) is 0 Å². The van der Waals surface area contributed by atoms with E-state index >= 15 is 0 Å². The van der Waals surface area contributed by atoms with Gasteiger partial charge in [-0.25, -0.2) is 0 Å². The van der Waals surface area contributed by atoms with Crippen molar-refractivity contribution < 1.29 is 34.7 Å². The zero-order chi connectivity index (χ0) is 24.5. The van der Waals surface area contributed by atoms with Crippen LogP contribution in [0, 0.1) is 0 Å². The Labute approximate surface area is 200 Å². The molecule has 0 bridgehead atoms. The Hall–Kier alpha value is -0.830. The molecule has 0 aromatic rings. The molecule has 0 spiro atoms. The smallest absolute Gasteiger partial charge is 0.186 e. The summed E-state index contributed by atoms with van der Waals surface area (Å²) < 4.78 is 10.6. The van der Waals surface area contributed by atoms with Gasteiger partial charge in [0.1, 0.15) is 30.5 Å². The van der Waals surface area contributed by atoms with Crippen LogP contribution in [0.25, 0.3) is 0 Å². The lowest BCUT2D eigenvalue weighted by atomic mass is 9.92. The van der Waals surface area contributed by atoms with Gasteiger partial charge >= 0.3 is 0 Å². The molecule has 1 saturated heterocycles. The molecule has 33 heavy (non-hydrogen) atoms. The number of carbonyl (C=O) groups excluding carboxylic acids is 1. The molecule has 0 amide bonds. The van der Waals surface area contributed by atoms with Crippen molar-refractivity contribution >= 4 is 5.78 Å². The molecule has 0 radical (unpaired) electrons. The highest BCUT2D eigenvalue weighted by atomic mass is 16.7. The predicted molar refractivity (Wildman–Crippen MR) is 129 cm³/mol. The van der Waals surface area contributed by atoms with E-state index in [2.05, 4.69) is 19.1 Å². The van der Waals surface area contributed by atoms with Gasteiger partial charge in [-0.1, -0.05) is 70.4 Å². The molecular weight excluding hydrogens is 424 g/mol. The second-order valence-corrected chi connectivity index (χ2v) is 9.14. The zero-order valence-corrected chi connectivity index (χ0v) is 20.7. The summed E-state index contributed by atoms with van der Waals surface area (Å²) >= 11 is 0. The van der Waals surface area contributed by atoms with Crippen LogP contribution in [-0.2, 0) is 14.3 Å². The number of aliphatic hydroxyl groups is 4. The number of unbranched alkanes of at least 4 members (excludes halogenated alkanes) is 11. The molecular formula is C26H48O7. The number of hydrogen-bond donors (Lipinski definition) is 4. The highest BCUT2D eigenvalue weighted by Gasteiger charge is 2.48. The molecule has 0 aliphatic carbocycles. The van der Waals surface area contributed by atoms with Gasteiger partial charge in [0.2, 0.25) is 0 Å². The van der Waals surface area contributed by atoms with Gasteiger partial charge in [0, 0.05) is 13.0 Å². The quantitative estimate of drug-likeness (QED) is 0.167. The van der Waals surface area contributed by atoms with E-state index in [9.17, 15) is 25.2 Å². The van der Waals surface area contributed by atoms with Crippen molar-refractivity contribution in [1.29, 1.82) is 0 Å². The highest BCUT2D eigenvalue weighted by Crippen LogP contribution is 2.25. The molecule has 1 rings (SSSR count). The van der Waals surface area contributed by atoms with Gasteiger partial charge in [0.05, 0.1) is 0 Å². The lowest BCUT2D eigenvalue weighted by Crippen LogP contribution is -2.62. The summed E-state index contributed by atoms with van der Waals surface area (Å²) in [5, 5.41) is 40.3. The van der Waals surface area contributed by atoms with Crippen molar-refractivity contribution in [2.24, 2.45) is 0 Å². The lowest BCUT2D eigenvalue weighted by Gasteiger charge is -2.41. The Morgan fingerprint density at radius 2 is 1.36 bits per heavy atom. The fourth-order valence-electron chi connectivity index (χ4n) is 4.14. The minimum atomic E-state index is -1.57. The summed E-state index contributed by atoms with van der Waals surface area (Å²) in [5.41, 5.74) is 0. The zero-order valence-electron chi connectivity index (χ0n) is 20.7. The van der Waals surface area contributed by atoms with Crippen LogP contribution < -0.4 is 0 Å². The first-order chi connectivity index (χ1) is 15.9. The van der Waals surface area contributed by atoms with Gasteiger partial charge in [-0.05, 0) is 39.0 Å². The van der Waals surface area contributed by atoms with Crippen molar-refractivity contribution in [1.82, 2.24) is 0 Å². The van der Waals surface area contributed by atoms with E-state index in [1.807, 2.05) is 0 Å². The maximum absolute atomic E-state index is 12.3. The second kappa shape index (κ2) is 18.5. The fourth-order valence-corrected chi connectivity index (χ4v) is 4.14. The summed E-state index contributed by atoms with van der Waals surface area (Å²) in [6.45, 7) is 4.15. The van der Waals surface area contributed by atoms with Gasteiger partial charge in [-0.3, -0.25) is 4.79 Å². The Morgan fingerprint density at radius 1 is 0.818 bits per heavy atom. The number of ketones is 1. The number of hydrogen-bond acceptors (Lipinski definition) is 7. The van der Waals surface area contributed by atoms with Crippen molar-refractivity contribution in [2.75, 3.05) is 6.61 Å². The molecule has 1 aliphatic heterocycles. The molecule has 6 atom stereocenters. The molecule has 0 aromatic carbocycles. The van der Waals surface area contributed by atoms with E-state index in [0.717, 1.165) is 32.1 Å². The third-order valence-corrected chi connectivity index (χ3v) is 6.26. The van der Waals surface area contributed by atoms with Gasteiger partial charge in [-0.2, -0.15) is 0 Å². The van der Waals surface area contributed by atoms with E-state index in [1.165, 1.54) is 44.9 Å². The third-order valence-electron chi connectivity index (χ3n) is 6.26. The first kappa shape index (κ1) is 30.2.